The van der Waals surface area contributed by atoms with Crippen LogP contribution in [0.25, 0.3) is 0 Å². The van der Waals surface area contributed by atoms with E-state index < -0.39 is 17.7 Å². The Morgan fingerprint density at radius 1 is 1.43 bits per heavy atom. The van der Waals surface area contributed by atoms with Crippen molar-refractivity contribution < 1.29 is 18.7 Å². The van der Waals surface area contributed by atoms with E-state index in [-0.39, 0.29) is 23.7 Å². The number of nitrogens with one attached hydrogen (secondary N) is 1. The van der Waals surface area contributed by atoms with Gasteiger partial charge in [0.2, 0.25) is 5.91 Å². The standard InChI is InChI=1S/C16H21F2NO2/c1-9(2)15(20)5-6-19-16(21)13-8-12(13)11-4-3-10(17)7-14(11)18/h3-4,7,9,12-13,15,20H,5-6,8H2,1-2H3,(H,19,21). The predicted octanol–water partition coefficient (Wildman–Crippen LogP) is 2.59. The Kier molecular flexibility index (Phi) is 4.93. The third kappa shape index (κ3) is 4.00. The molecule has 0 radical (unpaired) electrons. The lowest BCUT2D eigenvalue weighted by Crippen LogP contribution is -2.30. The third-order valence-corrected chi connectivity index (χ3v) is 4.00. The zero-order valence-electron chi connectivity index (χ0n) is 12.3. The monoisotopic (exact) mass is 297 g/mol. The van der Waals surface area contributed by atoms with Crippen LogP contribution in [-0.2, 0) is 4.79 Å². The molecule has 2 rings (SSSR count). The molecule has 116 valence electrons. The van der Waals surface area contributed by atoms with Crippen LogP contribution in [0.3, 0.4) is 0 Å². The first-order valence-electron chi connectivity index (χ1n) is 7.31. The van der Waals surface area contributed by atoms with Gasteiger partial charge in [0.15, 0.2) is 0 Å². The van der Waals surface area contributed by atoms with E-state index in [0.29, 0.717) is 24.9 Å². The van der Waals surface area contributed by atoms with Gasteiger partial charge in [-0.2, -0.15) is 0 Å². The minimum absolute atomic E-state index is 0.125. The van der Waals surface area contributed by atoms with Gasteiger partial charge in [-0.05, 0) is 36.3 Å². The van der Waals surface area contributed by atoms with Gasteiger partial charge in [-0.15, -0.1) is 0 Å². The lowest BCUT2D eigenvalue weighted by molar-refractivity contribution is -0.122. The molecule has 1 saturated carbocycles. The molecule has 0 spiro atoms. The van der Waals surface area contributed by atoms with Gasteiger partial charge in [0.1, 0.15) is 11.6 Å². The minimum Gasteiger partial charge on any atom is -0.393 e. The van der Waals surface area contributed by atoms with E-state index in [2.05, 4.69) is 5.32 Å². The van der Waals surface area contributed by atoms with E-state index >= 15 is 0 Å². The summed E-state index contributed by atoms with van der Waals surface area (Å²) in [6, 6.07) is 3.47. The second kappa shape index (κ2) is 6.52. The Hall–Kier alpha value is -1.49. The van der Waals surface area contributed by atoms with Crippen LogP contribution < -0.4 is 5.32 Å². The number of rotatable bonds is 6. The molecule has 0 aromatic heterocycles. The molecule has 21 heavy (non-hydrogen) atoms. The van der Waals surface area contributed by atoms with Gasteiger partial charge in [-0.25, -0.2) is 8.78 Å². The van der Waals surface area contributed by atoms with Crippen molar-refractivity contribution in [3.05, 3.63) is 35.4 Å². The fraction of sp³-hybridized carbons (Fsp3) is 0.562. The molecule has 1 amide bonds. The van der Waals surface area contributed by atoms with Crippen LogP contribution in [0.2, 0.25) is 0 Å². The van der Waals surface area contributed by atoms with Crippen LogP contribution in [0.5, 0.6) is 0 Å². The number of hydrogen-bond acceptors (Lipinski definition) is 2. The topological polar surface area (TPSA) is 49.3 Å². The van der Waals surface area contributed by atoms with Crippen LogP contribution in [0.15, 0.2) is 18.2 Å². The molecule has 3 unspecified atom stereocenters. The minimum atomic E-state index is -0.611. The SMILES string of the molecule is CC(C)C(O)CCNC(=O)C1CC1c1ccc(F)cc1F. The molecule has 0 aliphatic heterocycles. The van der Waals surface area contributed by atoms with E-state index in [1.807, 2.05) is 13.8 Å². The summed E-state index contributed by atoms with van der Waals surface area (Å²) in [5.74, 6) is -1.59. The second-order valence-electron chi connectivity index (χ2n) is 6.01. The number of amides is 1. The number of hydrogen-bond donors (Lipinski definition) is 2. The zero-order valence-corrected chi connectivity index (χ0v) is 12.3. The van der Waals surface area contributed by atoms with Crippen molar-refractivity contribution in [2.24, 2.45) is 11.8 Å². The Bertz CT molecular complexity index is 519. The molecular formula is C16H21F2NO2. The van der Waals surface area contributed by atoms with Crippen LogP contribution in [0, 0.1) is 23.5 Å². The van der Waals surface area contributed by atoms with Crippen molar-refractivity contribution in [2.45, 2.75) is 38.7 Å². The summed E-state index contributed by atoms with van der Waals surface area (Å²) < 4.78 is 26.5. The molecule has 2 N–H and O–H groups in total. The fourth-order valence-corrected chi connectivity index (χ4v) is 2.44. The van der Waals surface area contributed by atoms with Crippen molar-refractivity contribution in [1.29, 1.82) is 0 Å². The lowest BCUT2D eigenvalue weighted by Gasteiger charge is -2.14. The summed E-state index contributed by atoms with van der Waals surface area (Å²) in [6.45, 7) is 4.24. The van der Waals surface area contributed by atoms with E-state index in [0.717, 1.165) is 6.07 Å². The van der Waals surface area contributed by atoms with Crippen molar-refractivity contribution in [3.8, 4) is 0 Å². The first-order chi connectivity index (χ1) is 9.90. The highest BCUT2D eigenvalue weighted by Gasteiger charge is 2.45. The molecule has 1 aliphatic rings. The molecule has 5 heteroatoms. The normalized spacial score (nSPS) is 22.2. The van der Waals surface area contributed by atoms with Crippen LogP contribution in [0.4, 0.5) is 8.78 Å². The highest BCUT2D eigenvalue weighted by Crippen LogP contribution is 2.48. The number of carbonyl (C=O) groups excluding carboxylic acids is 1. The number of benzene rings is 1. The van der Waals surface area contributed by atoms with E-state index in [4.69, 9.17) is 0 Å². The molecule has 3 atom stereocenters. The van der Waals surface area contributed by atoms with E-state index in [1.54, 1.807) is 0 Å². The molecule has 1 aromatic rings. The van der Waals surface area contributed by atoms with Crippen molar-refractivity contribution in [1.82, 2.24) is 5.32 Å². The number of carbonyl (C=O) groups is 1. The maximum atomic E-state index is 13.6. The van der Waals surface area contributed by atoms with Gasteiger partial charge in [0.25, 0.3) is 0 Å². The van der Waals surface area contributed by atoms with Gasteiger partial charge in [-0.3, -0.25) is 4.79 Å². The second-order valence-corrected chi connectivity index (χ2v) is 6.01. The van der Waals surface area contributed by atoms with E-state index in [1.165, 1.54) is 12.1 Å². The highest BCUT2D eigenvalue weighted by molar-refractivity contribution is 5.82. The Labute approximate surface area is 123 Å². The summed E-state index contributed by atoms with van der Waals surface area (Å²) in [4.78, 5) is 11.9. The first kappa shape index (κ1) is 15.9. The Morgan fingerprint density at radius 2 is 2.14 bits per heavy atom. The Morgan fingerprint density at radius 3 is 2.76 bits per heavy atom. The summed E-state index contributed by atoms with van der Waals surface area (Å²) in [5, 5.41) is 12.4. The summed E-state index contributed by atoms with van der Waals surface area (Å²) in [6.07, 6.45) is 0.655. The van der Waals surface area contributed by atoms with Crippen LogP contribution in [-0.4, -0.2) is 23.7 Å². The van der Waals surface area contributed by atoms with Gasteiger partial charge >= 0.3 is 0 Å². The lowest BCUT2D eigenvalue weighted by atomic mass is 10.0. The van der Waals surface area contributed by atoms with Crippen molar-refractivity contribution >= 4 is 5.91 Å². The number of aliphatic hydroxyl groups is 1. The molecule has 0 saturated heterocycles. The maximum absolute atomic E-state index is 13.6. The average molecular weight is 297 g/mol. The molecule has 3 nitrogen and oxygen atoms in total. The van der Waals surface area contributed by atoms with Gasteiger partial charge in [0, 0.05) is 18.5 Å². The molecule has 1 aromatic carbocycles. The summed E-state index contributed by atoms with van der Waals surface area (Å²) >= 11 is 0. The predicted molar refractivity (Wildman–Crippen MR) is 75.7 cm³/mol. The van der Waals surface area contributed by atoms with E-state index in [9.17, 15) is 18.7 Å². The zero-order chi connectivity index (χ0) is 15.6. The molecular weight excluding hydrogens is 276 g/mol. The van der Waals surface area contributed by atoms with Crippen molar-refractivity contribution in [3.63, 3.8) is 0 Å². The van der Waals surface area contributed by atoms with Crippen LogP contribution >= 0.6 is 0 Å². The average Bonchev–Trinajstić information content (AvgIpc) is 3.18. The molecule has 0 bridgehead atoms. The molecule has 1 fully saturated rings. The van der Waals surface area contributed by atoms with Gasteiger partial charge < -0.3 is 10.4 Å². The third-order valence-electron chi connectivity index (χ3n) is 4.00. The maximum Gasteiger partial charge on any atom is 0.223 e. The largest absolute Gasteiger partial charge is 0.393 e. The number of halogens is 2. The number of aliphatic hydroxyl groups excluding tert-OH is 1. The van der Waals surface area contributed by atoms with Gasteiger partial charge in [-0.1, -0.05) is 19.9 Å². The quantitative estimate of drug-likeness (QED) is 0.848. The molecule has 1 aliphatic carbocycles. The Balaban J connectivity index is 1.81. The van der Waals surface area contributed by atoms with Crippen molar-refractivity contribution in [2.75, 3.05) is 6.54 Å². The van der Waals surface area contributed by atoms with Gasteiger partial charge in [0.05, 0.1) is 6.10 Å². The highest BCUT2D eigenvalue weighted by atomic mass is 19.1. The molecule has 0 heterocycles. The summed E-state index contributed by atoms with van der Waals surface area (Å²) in [7, 11) is 0. The fourth-order valence-electron chi connectivity index (χ4n) is 2.44. The summed E-state index contributed by atoms with van der Waals surface area (Å²) in [5.41, 5.74) is 0.402. The smallest absolute Gasteiger partial charge is 0.223 e. The van der Waals surface area contributed by atoms with Crippen LogP contribution in [0.1, 0.15) is 38.2 Å². The first-order valence-corrected chi connectivity index (χ1v) is 7.31.